The first-order valence-corrected chi connectivity index (χ1v) is 23.9. The lowest BCUT2D eigenvalue weighted by molar-refractivity contribution is -0.167. The van der Waals surface area contributed by atoms with Crippen LogP contribution in [0.5, 0.6) is 0 Å². The van der Waals surface area contributed by atoms with Gasteiger partial charge in [0.25, 0.3) is 0 Å². The minimum absolute atomic E-state index is 0.132. The van der Waals surface area contributed by atoms with E-state index in [-0.39, 0.29) is 44.0 Å². The van der Waals surface area contributed by atoms with Crippen molar-refractivity contribution < 1.29 is 28.6 Å². The Bertz CT molecular complexity index is 1440. The van der Waals surface area contributed by atoms with Gasteiger partial charge in [0.1, 0.15) is 13.2 Å². The third-order valence-corrected chi connectivity index (χ3v) is 9.16. The summed E-state index contributed by atoms with van der Waals surface area (Å²) in [4.78, 5) is 37.9. The van der Waals surface area contributed by atoms with Crippen LogP contribution in [0.3, 0.4) is 0 Å². The molecule has 0 aromatic rings. The van der Waals surface area contributed by atoms with E-state index in [4.69, 9.17) is 14.2 Å². The fraction of sp³-hybridized carbons (Fsp3) is 0.518. The van der Waals surface area contributed by atoms with E-state index >= 15 is 0 Å². The standard InChI is InChI=1S/C56H84O6/c1-4-7-10-13-16-19-22-25-27-28-29-32-34-37-40-43-46-49-55(58)61-52-53(51-60-54(57)48-45-42-39-36-33-30-24-21-18-15-12-9-6-3)62-56(59)50-47-44-41-38-35-31-26-23-20-17-14-11-8-5-2/h7-12,15-21,24-27,29-33,37,40,53H,4-6,13-14,22-23,28,34-36,38-39,41-52H2,1-3H3/b10-7+,11-8+,12-9+,18-15+,19-16+,20-17+,24-21+,27-25+,31-26+,32-29+,33-30+,40-37+. The molecule has 1 atom stereocenters. The van der Waals surface area contributed by atoms with Crippen LogP contribution in [0, 0.1) is 0 Å². The van der Waals surface area contributed by atoms with Gasteiger partial charge in [-0.3, -0.25) is 14.4 Å². The first-order valence-electron chi connectivity index (χ1n) is 23.9. The maximum atomic E-state index is 12.8. The second kappa shape index (κ2) is 49.0. The molecular weight excluding hydrogens is 769 g/mol. The van der Waals surface area contributed by atoms with Crippen LogP contribution < -0.4 is 0 Å². The third-order valence-electron chi connectivity index (χ3n) is 9.16. The quantitative estimate of drug-likeness (QED) is 0.0201. The summed E-state index contributed by atoms with van der Waals surface area (Å²) in [5, 5.41) is 0. The molecule has 0 fully saturated rings. The SMILES string of the molecule is CC/C=C/C=C/C=C/C=C/CCCCCC(=O)OCC(COC(=O)CCC/C=C/C/C=C/C/C=C/C/C=C/C/C=C/CC)OC(=O)CCCCCC/C=C/C/C=C/C/C=C/CC. The summed E-state index contributed by atoms with van der Waals surface area (Å²) in [6.45, 7) is 6.12. The zero-order valence-electron chi connectivity index (χ0n) is 39.1. The zero-order valence-corrected chi connectivity index (χ0v) is 39.1. The molecule has 0 aliphatic heterocycles. The van der Waals surface area contributed by atoms with Gasteiger partial charge >= 0.3 is 17.9 Å². The van der Waals surface area contributed by atoms with Gasteiger partial charge in [-0.25, -0.2) is 0 Å². The first kappa shape index (κ1) is 57.3. The average Bonchev–Trinajstić information content (AvgIpc) is 3.27. The Hall–Kier alpha value is -4.71. The van der Waals surface area contributed by atoms with Crippen molar-refractivity contribution >= 4 is 17.9 Å². The highest BCUT2D eigenvalue weighted by Gasteiger charge is 2.19. The van der Waals surface area contributed by atoms with Gasteiger partial charge in [-0.2, -0.15) is 0 Å². The first-order chi connectivity index (χ1) is 30.5. The lowest BCUT2D eigenvalue weighted by Crippen LogP contribution is -2.30. The van der Waals surface area contributed by atoms with Crippen LogP contribution in [0.4, 0.5) is 0 Å². The van der Waals surface area contributed by atoms with Crippen LogP contribution in [0.2, 0.25) is 0 Å². The molecule has 0 bridgehead atoms. The maximum absolute atomic E-state index is 12.8. The Kier molecular flexibility index (Phi) is 45.2. The van der Waals surface area contributed by atoms with Crippen molar-refractivity contribution in [1.29, 1.82) is 0 Å². The molecular formula is C56H84O6. The summed E-state index contributed by atoms with van der Waals surface area (Å²) < 4.78 is 16.6. The van der Waals surface area contributed by atoms with Crippen LogP contribution in [0.25, 0.3) is 0 Å². The van der Waals surface area contributed by atoms with Crippen molar-refractivity contribution in [3.63, 3.8) is 0 Å². The Morgan fingerprint density at radius 3 is 1.16 bits per heavy atom. The number of carbonyl (C=O) groups is 3. The van der Waals surface area contributed by atoms with Crippen molar-refractivity contribution in [3.05, 3.63) is 146 Å². The molecule has 0 spiro atoms. The third kappa shape index (κ3) is 46.4. The van der Waals surface area contributed by atoms with E-state index in [1.54, 1.807) is 0 Å². The van der Waals surface area contributed by atoms with Gasteiger partial charge in [0, 0.05) is 19.3 Å². The average molecular weight is 853 g/mol. The Labute approximate surface area is 378 Å². The number of hydrogen-bond acceptors (Lipinski definition) is 6. The van der Waals surface area contributed by atoms with Gasteiger partial charge in [-0.05, 0) is 109 Å². The van der Waals surface area contributed by atoms with E-state index in [0.29, 0.717) is 12.8 Å². The zero-order chi connectivity index (χ0) is 45.1. The molecule has 0 amide bonds. The molecule has 0 rings (SSSR count). The predicted molar refractivity (Wildman–Crippen MR) is 265 cm³/mol. The van der Waals surface area contributed by atoms with Crippen molar-refractivity contribution in [2.75, 3.05) is 13.2 Å². The Morgan fingerprint density at radius 2 is 0.677 bits per heavy atom. The monoisotopic (exact) mass is 853 g/mol. The van der Waals surface area contributed by atoms with E-state index in [1.165, 1.54) is 0 Å². The normalized spacial score (nSPS) is 13.4. The van der Waals surface area contributed by atoms with Crippen LogP contribution >= 0.6 is 0 Å². The predicted octanol–water partition coefficient (Wildman–Crippen LogP) is 15.7. The molecule has 62 heavy (non-hydrogen) atoms. The highest BCUT2D eigenvalue weighted by Crippen LogP contribution is 2.11. The molecule has 0 aromatic heterocycles. The minimum Gasteiger partial charge on any atom is -0.462 e. The number of hydrogen-bond donors (Lipinski definition) is 0. The number of ether oxygens (including phenoxy) is 3. The van der Waals surface area contributed by atoms with E-state index in [9.17, 15) is 14.4 Å². The molecule has 0 saturated heterocycles. The smallest absolute Gasteiger partial charge is 0.306 e. The van der Waals surface area contributed by atoms with Gasteiger partial charge in [-0.15, -0.1) is 0 Å². The second-order valence-corrected chi connectivity index (χ2v) is 15.0. The summed E-state index contributed by atoms with van der Waals surface area (Å²) in [7, 11) is 0. The molecule has 0 heterocycles. The summed E-state index contributed by atoms with van der Waals surface area (Å²) in [6.07, 6.45) is 69.8. The molecule has 0 saturated carbocycles. The van der Waals surface area contributed by atoms with E-state index in [0.717, 1.165) is 122 Å². The Balaban J connectivity index is 4.61. The molecule has 6 nitrogen and oxygen atoms in total. The van der Waals surface area contributed by atoms with Crippen molar-refractivity contribution in [2.45, 2.75) is 175 Å². The van der Waals surface area contributed by atoms with E-state index in [1.807, 2.05) is 36.5 Å². The lowest BCUT2D eigenvalue weighted by Gasteiger charge is -2.18. The number of rotatable bonds is 40. The lowest BCUT2D eigenvalue weighted by atomic mass is 10.1. The molecule has 0 aliphatic carbocycles. The van der Waals surface area contributed by atoms with Gasteiger partial charge in [0.2, 0.25) is 0 Å². The minimum atomic E-state index is -0.834. The van der Waals surface area contributed by atoms with Gasteiger partial charge in [0.05, 0.1) is 0 Å². The van der Waals surface area contributed by atoms with Crippen molar-refractivity contribution in [1.82, 2.24) is 0 Å². The van der Waals surface area contributed by atoms with Gasteiger partial charge in [-0.1, -0.05) is 186 Å². The molecule has 0 radical (unpaired) electrons. The number of allylic oxidation sites excluding steroid dienone is 24. The van der Waals surface area contributed by atoms with Crippen LogP contribution in [-0.4, -0.2) is 37.2 Å². The second-order valence-electron chi connectivity index (χ2n) is 15.0. The van der Waals surface area contributed by atoms with E-state index in [2.05, 4.69) is 130 Å². The topological polar surface area (TPSA) is 78.9 Å². The van der Waals surface area contributed by atoms with Crippen molar-refractivity contribution in [2.24, 2.45) is 0 Å². The van der Waals surface area contributed by atoms with Gasteiger partial charge in [0.15, 0.2) is 6.10 Å². The summed E-state index contributed by atoms with van der Waals surface area (Å²) in [6, 6.07) is 0. The van der Waals surface area contributed by atoms with Crippen molar-refractivity contribution in [3.8, 4) is 0 Å². The molecule has 0 N–H and O–H groups in total. The fourth-order valence-electron chi connectivity index (χ4n) is 5.68. The molecule has 1 unspecified atom stereocenters. The largest absolute Gasteiger partial charge is 0.462 e. The van der Waals surface area contributed by atoms with Crippen LogP contribution in [-0.2, 0) is 28.6 Å². The summed E-state index contributed by atoms with van der Waals surface area (Å²) in [5.41, 5.74) is 0. The number of carbonyl (C=O) groups excluding carboxylic acids is 3. The summed E-state index contributed by atoms with van der Waals surface area (Å²) >= 11 is 0. The molecule has 344 valence electrons. The van der Waals surface area contributed by atoms with Crippen LogP contribution in [0.15, 0.2) is 146 Å². The van der Waals surface area contributed by atoms with Crippen LogP contribution in [0.1, 0.15) is 168 Å². The molecule has 6 heteroatoms. The van der Waals surface area contributed by atoms with Gasteiger partial charge < -0.3 is 14.2 Å². The molecule has 0 aliphatic rings. The fourth-order valence-corrected chi connectivity index (χ4v) is 5.68. The molecule has 0 aromatic carbocycles. The highest BCUT2D eigenvalue weighted by molar-refractivity contribution is 5.71. The number of esters is 3. The summed E-state index contributed by atoms with van der Waals surface area (Å²) in [5.74, 6) is -1.07. The number of unbranched alkanes of at least 4 members (excludes halogenated alkanes) is 8. The Morgan fingerprint density at radius 1 is 0.339 bits per heavy atom. The maximum Gasteiger partial charge on any atom is 0.306 e. The van der Waals surface area contributed by atoms with E-state index < -0.39 is 6.10 Å². The highest BCUT2D eigenvalue weighted by atomic mass is 16.6.